The number of rotatable bonds is 2. The van der Waals surface area contributed by atoms with Gasteiger partial charge in [0.05, 0.1) is 17.3 Å². The van der Waals surface area contributed by atoms with E-state index in [-0.39, 0.29) is 17.4 Å². The van der Waals surface area contributed by atoms with Crippen molar-refractivity contribution in [3.63, 3.8) is 0 Å². The Labute approximate surface area is 128 Å². The third-order valence-electron chi connectivity index (χ3n) is 4.24. The van der Waals surface area contributed by atoms with E-state index in [1.54, 1.807) is 6.20 Å². The van der Waals surface area contributed by atoms with Crippen molar-refractivity contribution in [2.24, 2.45) is 12.5 Å². The molecule has 112 valence electrons. The van der Waals surface area contributed by atoms with Crippen LogP contribution in [0.5, 0.6) is 0 Å². The fourth-order valence-electron chi connectivity index (χ4n) is 3.18. The highest BCUT2D eigenvalue weighted by molar-refractivity contribution is 7.06. The molecule has 3 heterocycles. The molecular weight excluding hydrogens is 284 g/mol. The molecule has 21 heavy (non-hydrogen) atoms. The Kier molecular flexibility index (Phi) is 3.16. The van der Waals surface area contributed by atoms with Gasteiger partial charge in [-0.25, -0.2) is 4.98 Å². The summed E-state index contributed by atoms with van der Waals surface area (Å²) in [5.74, 6) is 1.02. The molecule has 1 saturated heterocycles. The minimum Gasteiger partial charge on any atom is -0.336 e. The quantitative estimate of drug-likeness (QED) is 0.857. The average Bonchev–Trinajstić information content (AvgIpc) is 2.94. The zero-order valence-corrected chi connectivity index (χ0v) is 13.9. The number of hydrogen-bond acceptors (Lipinski definition) is 4. The summed E-state index contributed by atoms with van der Waals surface area (Å²) in [5.41, 5.74) is 1.63. The van der Waals surface area contributed by atoms with Gasteiger partial charge in [0.2, 0.25) is 0 Å². The van der Waals surface area contributed by atoms with Crippen LogP contribution in [0.25, 0.3) is 0 Å². The van der Waals surface area contributed by atoms with Crippen molar-refractivity contribution in [3.05, 3.63) is 34.4 Å². The Morgan fingerprint density at radius 3 is 2.62 bits per heavy atom. The maximum absolute atomic E-state index is 12.9. The van der Waals surface area contributed by atoms with Crippen molar-refractivity contribution in [1.29, 1.82) is 0 Å². The predicted molar refractivity (Wildman–Crippen MR) is 82.4 cm³/mol. The van der Waals surface area contributed by atoms with Crippen LogP contribution in [0.3, 0.4) is 0 Å². The molecule has 1 aliphatic heterocycles. The molecule has 6 heteroatoms. The highest BCUT2D eigenvalue weighted by Crippen LogP contribution is 2.48. The van der Waals surface area contributed by atoms with Crippen LogP contribution in [-0.2, 0) is 7.05 Å². The van der Waals surface area contributed by atoms with Gasteiger partial charge in [0.15, 0.2) is 0 Å². The number of likely N-dealkylation sites (tertiary alicyclic amines) is 1. The molecule has 0 saturated carbocycles. The highest BCUT2D eigenvalue weighted by atomic mass is 32.1. The molecule has 0 radical (unpaired) electrons. The Hall–Kier alpha value is -1.69. The van der Waals surface area contributed by atoms with Gasteiger partial charge in [-0.2, -0.15) is 4.37 Å². The van der Waals surface area contributed by atoms with E-state index in [1.165, 1.54) is 11.5 Å². The summed E-state index contributed by atoms with van der Waals surface area (Å²) in [4.78, 5) is 20.2. The molecule has 2 aromatic rings. The maximum atomic E-state index is 12.9. The average molecular weight is 304 g/mol. The van der Waals surface area contributed by atoms with Gasteiger partial charge in [-0.15, -0.1) is 0 Å². The monoisotopic (exact) mass is 304 g/mol. The van der Waals surface area contributed by atoms with E-state index in [2.05, 4.69) is 23.2 Å². The minimum absolute atomic E-state index is 0.0173. The molecular formula is C15H20N4OS. The molecule has 2 aromatic heterocycles. The van der Waals surface area contributed by atoms with E-state index in [4.69, 9.17) is 0 Å². The van der Waals surface area contributed by atoms with E-state index in [0.29, 0.717) is 0 Å². The summed E-state index contributed by atoms with van der Waals surface area (Å²) in [6.07, 6.45) is 3.71. The third-order valence-corrected chi connectivity index (χ3v) is 5.08. The molecule has 1 aliphatic rings. The molecule has 5 nitrogen and oxygen atoms in total. The molecule has 0 aromatic carbocycles. The first-order valence-electron chi connectivity index (χ1n) is 7.04. The van der Waals surface area contributed by atoms with Crippen molar-refractivity contribution >= 4 is 17.4 Å². The molecule has 0 spiro atoms. The fraction of sp³-hybridized carbons (Fsp3) is 0.533. The molecule has 0 N–H and O–H groups in total. The number of carbonyl (C=O) groups excluding carboxylic acids is 1. The second-order valence-corrected chi connectivity index (χ2v) is 7.40. The Morgan fingerprint density at radius 2 is 2.14 bits per heavy atom. The van der Waals surface area contributed by atoms with Crippen LogP contribution < -0.4 is 0 Å². The lowest BCUT2D eigenvalue weighted by Crippen LogP contribution is -2.58. The van der Waals surface area contributed by atoms with Gasteiger partial charge < -0.3 is 9.47 Å². The van der Waals surface area contributed by atoms with Crippen molar-refractivity contribution in [2.45, 2.75) is 33.7 Å². The van der Waals surface area contributed by atoms with Crippen molar-refractivity contribution in [2.75, 3.05) is 6.54 Å². The van der Waals surface area contributed by atoms with Crippen molar-refractivity contribution in [3.8, 4) is 0 Å². The molecule has 0 aliphatic carbocycles. The van der Waals surface area contributed by atoms with Crippen LogP contribution in [0.2, 0.25) is 0 Å². The summed E-state index contributed by atoms with van der Waals surface area (Å²) in [6, 6.07) is 0.0173. The minimum atomic E-state index is 0.0173. The van der Waals surface area contributed by atoms with Crippen LogP contribution in [0, 0.1) is 19.3 Å². The zero-order valence-electron chi connectivity index (χ0n) is 13.0. The standard InChI is InChI=1S/C15H20N4OS/c1-9-11(10(2)21-17-9)14(20)19-8-15(3,4)12(19)13-16-6-7-18(13)5/h6-7,12H,8H2,1-5H3. The van der Waals surface area contributed by atoms with Crippen molar-refractivity contribution < 1.29 is 4.79 Å². The number of carbonyl (C=O) groups is 1. The van der Waals surface area contributed by atoms with Gasteiger partial charge in [0.25, 0.3) is 5.91 Å². The lowest BCUT2D eigenvalue weighted by molar-refractivity contribution is -0.0375. The summed E-state index contributed by atoms with van der Waals surface area (Å²) in [5, 5.41) is 0. The summed E-state index contributed by atoms with van der Waals surface area (Å²) in [6.45, 7) is 8.97. The Morgan fingerprint density at radius 1 is 1.43 bits per heavy atom. The smallest absolute Gasteiger partial charge is 0.257 e. The highest BCUT2D eigenvalue weighted by Gasteiger charge is 2.51. The first-order chi connectivity index (χ1) is 9.83. The summed E-state index contributed by atoms with van der Waals surface area (Å²) in [7, 11) is 1.97. The number of aryl methyl sites for hydroxylation is 3. The van der Waals surface area contributed by atoms with Crippen LogP contribution in [-0.4, -0.2) is 31.3 Å². The van der Waals surface area contributed by atoms with Gasteiger partial charge in [-0.3, -0.25) is 4.79 Å². The first-order valence-corrected chi connectivity index (χ1v) is 7.81. The predicted octanol–water partition coefficient (Wildman–Crippen LogP) is 2.72. The van der Waals surface area contributed by atoms with Gasteiger partial charge in [-0.1, -0.05) is 13.8 Å². The molecule has 0 bridgehead atoms. The van der Waals surface area contributed by atoms with E-state index < -0.39 is 0 Å². The van der Waals surface area contributed by atoms with Crippen molar-refractivity contribution in [1.82, 2.24) is 18.8 Å². The molecule has 1 unspecified atom stereocenters. The molecule has 3 rings (SSSR count). The fourth-order valence-corrected chi connectivity index (χ4v) is 3.87. The van der Waals surface area contributed by atoms with E-state index in [9.17, 15) is 4.79 Å². The van der Waals surface area contributed by atoms with E-state index in [0.717, 1.165) is 28.5 Å². The van der Waals surface area contributed by atoms with Crippen LogP contribution in [0.15, 0.2) is 12.4 Å². The molecule has 1 atom stereocenters. The summed E-state index contributed by atoms with van der Waals surface area (Å²) < 4.78 is 6.29. The lowest BCUT2D eigenvalue weighted by Gasteiger charge is -2.53. The number of amides is 1. The van der Waals surface area contributed by atoms with Crippen LogP contribution >= 0.6 is 11.5 Å². The number of imidazole rings is 1. The van der Waals surface area contributed by atoms with Gasteiger partial charge in [0.1, 0.15) is 5.82 Å². The normalized spacial score (nSPS) is 20.4. The second-order valence-electron chi connectivity index (χ2n) is 6.42. The Balaban J connectivity index is 1.97. The van der Waals surface area contributed by atoms with E-state index >= 15 is 0 Å². The van der Waals surface area contributed by atoms with Crippen LogP contribution in [0.1, 0.15) is 46.6 Å². The second kappa shape index (κ2) is 4.66. The number of nitrogens with zero attached hydrogens (tertiary/aromatic N) is 4. The largest absolute Gasteiger partial charge is 0.336 e. The molecule has 1 fully saturated rings. The zero-order chi connectivity index (χ0) is 15.4. The maximum Gasteiger partial charge on any atom is 0.257 e. The van der Waals surface area contributed by atoms with Gasteiger partial charge in [0, 0.05) is 36.3 Å². The number of aromatic nitrogens is 3. The topological polar surface area (TPSA) is 51.0 Å². The summed E-state index contributed by atoms with van der Waals surface area (Å²) >= 11 is 1.39. The van der Waals surface area contributed by atoms with E-state index in [1.807, 2.05) is 36.6 Å². The molecule has 1 amide bonds. The Bertz CT molecular complexity index is 681. The van der Waals surface area contributed by atoms with Gasteiger partial charge in [-0.05, 0) is 25.4 Å². The number of hydrogen-bond donors (Lipinski definition) is 0. The van der Waals surface area contributed by atoms with Crippen LogP contribution in [0.4, 0.5) is 0 Å². The SMILES string of the molecule is Cc1nsc(C)c1C(=O)N1CC(C)(C)C1c1nccn1C. The first kappa shape index (κ1) is 14.3. The lowest BCUT2D eigenvalue weighted by atomic mass is 9.74. The van der Waals surface area contributed by atoms with Gasteiger partial charge >= 0.3 is 0 Å². The third kappa shape index (κ3) is 2.09.